The largest absolute Gasteiger partial charge is 0.494 e. The van der Waals surface area contributed by atoms with Gasteiger partial charge in [0.15, 0.2) is 34.9 Å². The molecule has 0 bridgehead atoms. The zero-order chi connectivity index (χ0) is 65.2. The van der Waals surface area contributed by atoms with E-state index in [1.807, 2.05) is 157 Å². The minimum absolute atomic E-state index is 0.401. The molecule has 10 nitrogen and oxygen atoms in total. The van der Waals surface area contributed by atoms with Crippen molar-refractivity contribution in [1.29, 1.82) is 0 Å². The number of nitrogens with zero attached hydrogens (tertiary/aromatic N) is 8. The van der Waals surface area contributed by atoms with Crippen LogP contribution in [0.3, 0.4) is 0 Å². The molecule has 0 atom stereocenters. The third kappa shape index (κ3) is 9.99. The number of hydrogen-bond donors (Lipinski definition) is 0. The number of fused-ring (bicyclic) bond motifs is 12. The molecule has 19 rings (SSSR count). The van der Waals surface area contributed by atoms with E-state index in [0.717, 1.165) is 44.4 Å². The summed E-state index contributed by atoms with van der Waals surface area (Å²) in [6, 6.07) is 92.0. The van der Waals surface area contributed by atoms with Gasteiger partial charge in [-0.2, -0.15) is 0 Å². The third-order valence-corrected chi connectivity index (χ3v) is 21.0. The van der Waals surface area contributed by atoms with Crippen molar-refractivity contribution in [2.45, 2.75) is 38.9 Å². The number of rotatable bonds is 8. The van der Waals surface area contributed by atoms with Gasteiger partial charge in [-0.1, -0.05) is 237 Å². The van der Waals surface area contributed by atoms with E-state index < -0.39 is 18.3 Å². The van der Waals surface area contributed by atoms with Gasteiger partial charge >= 0.3 is 7.12 Å². The van der Waals surface area contributed by atoms with Crippen molar-refractivity contribution >= 4 is 126 Å². The maximum atomic E-state index is 6.25. The molecule has 0 spiro atoms. The monoisotopic (exact) mass is 1320 g/mol. The lowest BCUT2D eigenvalue weighted by Gasteiger charge is -2.32. The van der Waals surface area contributed by atoms with E-state index in [2.05, 4.69) is 174 Å². The molecule has 0 unspecified atom stereocenters. The van der Waals surface area contributed by atoms with Gasteiger partial charge in [-0.25, -0.2) is 29.9 Å². The van der Waals surface area contributed by atoms with Gasteiger partial charge in [0.1, 0.15) is 9.66 Å². The Hall–Kier alpha value is -10.3. The lowest BCUT2D eigenvalue weighted by molar-refractivity contribution is 0.00578. The molecule has 94 heavy (non-hydrogen) atoms. The van der Waals surface area contributed by atoms with E-state index in [1.165, 1.54) is 83.5 Å². The van der Waals surface area contributed by atoms with Crippen molar-refractivity contribution < 1.29 is 12.3 Å². The van der Waals surface area contributed by atoms with Crippen molar-refractivity contribution in [3.8, 4) is 78.8 Å². The first-order chi connectivity index (χ1) is 47.0. The van der Waals surface area contributed by atoms with Crippen LogP contribution in [0.4, 0.5) is 0 Å². The Labute approximate surface area is 561 Å². The van der Waals surface area contributed by atoms with Crippen LogP contribution in [0.1, 0.15) is 30.7 Å². The summed E-state index contributed by atoms with van der Waals surface area (Å²) >= 11 is 7.26. The predicted octanol–water partition coefficient (Wildman–Crippen LogP) is 20.8. The molecule has 0 aliphatic carbocycles. The average Bonchev–Trinajstić information content (AvgIpc) is 1.55. The second-order valence-corrected chi connectivity index (χ2v) is 28.0. The highest BCUT2D eigenvalue weighted by molar-refractivity contribution is 9.11. The Kier molecular flexibility index (Phi) is 13.8. The van der Waals surface area contributed by atoms with Crippen molar-refractivity contribution in [2.24, 2.45) is 0 Å². The molecular formula is C80H58BBrN8O2S2. The first kappa shape index (κ1) is 56.4. The third-order valence-electron chi connectivity index (χ3n) is 18.2. The Bertz CT molecular complexity index is 5740. The fourth-order valence-electron chi connectivity index (χ4n) is 13.0. The zero-order valence-corrected chi connectivity index (χ0v) is 54.8. The van der Waals surface area contributed by atoms with Crippen LogP contribution < -0.4 is 5.46 Å². The van der Waals surface area contributed by atoms with Crippen LogP contribution in [0.25, 0.3) is 154 Å². The normalized spacial score (nSPS) is 13.7. The van der Waals surface area contributed by atoms with Crippen LogP contribution in [0, 0.1) is 0 Å². The summed E-state index contributed by atoms with van der Waals surface area (Å²) in [6.07, 6.45) is 0. The molecule has 0 radical (unpaired) electrons. The summed E-state index contributed by atoms with van der Waals surface area (Å²) < 4.78 is 28.5. The minimum Gasteiger partial charge on any atom is -0.399 e. The van der Waals surface area contributed by atoms with E-state index >= 15 is 0 Å². The van der Waals surface area contributed by atoms with Crippen LogP contribution >= 0.6 is 38.6 Å². The number of hydrogen-bond acceptors (Lipinski definition) is 10. The average molecular weight is 1320 g/mol. The minimum atomic E-state index is -0.445. The standard InChI is InChI=1S/C37H22N4S.C27H26BN3O2.C16H8BrNS.H2/c1-3-11-23(12-4-1)34-38-35(24-13-5-2-6-14-24)40-36(39-34)26-16-9-15-25(21-26)32-22-30-29-19-10-18-28-27-17-7-8-20-31(27)41(33(28)29)37(30)42-32;1-26(2)27(3,4)33-28(32-26)22-17-11-16-21(18-22)25-30-23(19-12-7-5-8-13-19)29-24(31-25)20-14-9-6-10-15-20;17-14-8-12-11-6-3-5-10-9-4-1-2-7-13(9)18(15(10)11)16(12)19-14;/h1-22H;5-18H,1-4H3;1-8H;1H/i;;;1+2D. The van der Waals surface area contributed by atoms with Crippen molar-refractivity contribution in [3.05, 3.63) is 271 Å². The molecule has 1 saturated heterocycles. The van der Waals surface area contributed by atoms with Crippen molar-refractivity contribution in [2.75, 3.05) is 0 Å². The number of thiophene rings is 2. The van der Waals surface area contributed by atoms with Crippen LogP contribution in [0.5, 0.6) is 0 Å². The summed E-state index contributed by atoms with van der Waals surface area (Å²) in [5, 5.41) is 10.6. The quantitative estimate of drug-likeness (QED) is 0.139. The molecule has 18 aromatic rings. The summed E-state index contributed by atoms with van der Waals surface area (Å²) in [7, 11) is -0.445. The second-order valence-electron chi connectivity index (χ2n) is 24.6. The Morgan fingerprint density at radius 1 is 0.351 bits per heavy atom. The number of halogens is 1. The molecule has 0 saturated carbocycles. The Balaban J connectivity index is 0.000000119. The van der Waals surface area contributed by atoms with E-state index in [0.29, 0.717) is 34.9 Å². The second kappa shape index (κ2) is 23.1. The molecule has 10 aromatic carbocycles. The Morgan fingerprint density at radius 2 is 0.681 bits per heavy atom. The fourth-order valence-corrected chi connectivity index (χ4v) is 15.8. The first-order valence-electron chi connectivity index (χ1n) is 32.3. The molecule has 14 heteroatoms. The SMILES string of the molecule is Brc1cc2c3cccc4c5ccccc5n(c2s1)c43.CC1(C)OB(c2cccc(-c3nc(-c4ccccc4)nc(-c4ccccc4)n3)c2)OC1(C)C.[2H][3H].c1ccc(-c2nc(-c3ccccc3)nc(-c3cccc(-c4cc5c6cccc7c8ccccc8n(c5s4)c76)c3)n2)cc1. The number of para-hydroxylation sites is 4. The Morgan fingerprint density at radius 3 is 1.14 bits per heavy atom. The maximum Gasteiger partial charge on any atom is 0.494 e. The highest BCUT2D eigenvalue weighted by Gasteiger charge is 2.51. The summed E-state index contributed by atoms with van der Waals surface area (Å²) in [4.78, 5) is 33.0. The molecule has 1 fully saturated rings. The van der Waals surface area contributed by atoms with Crippen LogP contribution in [0.2, 0.25) is 0 Å². The topological polar surface area (TPSA) is 105 Å². The summed E-state index contributed by atoms with van der Waals surface area (Å²) in [5.41, 5.74) is 12.2. The number of benzene rings is 10. The van der Waals surface area contributed by atoms with E-state index in [9.17, 15) is 0 Å². The molecule has 0 N–H and O–H groups in total. The van der Waals surface area contributed by atoms with Gasteiger partial charge in [-0.3, -0.25) is 8.80 Å². The smallest absolute Gasteiger partial charge is 0.399 e. The van der Waals surface area contributed by atoms with E-state index in [-0.39, 0.29) is 0 Å². The van der Waals surface area contributed by atoms with E-state index in [1.54, 1.807) is 11.3 Å². The molecule has 9 heterocycles. The van der Waals surface area contributed by atoms with Gasteiger partial charge in [0.2, 0.25) is 0 Å². The predicted molar refractivity (Wildman–Crippen MR) is 395 cm³/mol. The summed E-state index contributed by atoms with van der Waals surface area (Å²) in [6.45, 7) is 8.23. The molecule has 1 aliphatic heterocycles. The zero-order valence-electron chi connectivity index (χ0n) is 53.6. The van der Waals surface area contributed by atoms with Crippen LogP contribution in [-0.2, 0) is 9.31 Å². The van der Waals surface area contributed by atoms with Gasteiger partial charge in [-0.15, -0.1) is 22.7 Å². The molecular weight excluding hydrogens is 1260 g/mol. The van der Waals surface area contributed by atoms with Crippen molar-refractivity contribution in [1.82, 2.24) is 38.7 Å². The van der Waals surface area contributed by atoms with Crippen LogP contribution in [-0.4, -0.2) is 57.0 Å². The van der Waals surface area contributed by atoms with Gasteiger partial charge < -0.3 is 9.31 Å². The molecule has 1 aliphatic rings. The fraction of sp³-hybridized carbons (Fsp3) is 0.0750. The van der Waals surface area contributed by atoms with Gasteiger partial charge in [0.05, 0.1) is 37.1 Å². The van der Waals surface area contributed by atoms with Crippen LogP contribution in [0.15, 0.2) is 271 Å². The number of aromatic nitrogens is 8. The van der Waals surface area contributed by atoms with Crippen molar-refractivity contribution in [3.63, 3.8) is 0 Å². The first-order valence-corrected chi connectivity index (χ1v) is 33.7. The van der Waals surface area contributed by atoms with Gasteiger partial charge in [0, 0.05) is 84.3 Å². The lowest BCUT2D eigenvalue weighted by Crippen LogP contribution is -2.41. The molecule has 8 aromatic heterocycles. The maximum absolute atomic E-state index is 6.25. The van der Waals surface area contributed by atoms with Gasteiger partial charge in [0.25, 0.3) is 0 Å². The van der Waals surface area contributed by atoms with Gasteiger partial charge in [-0.05, 0) is 85.0 Å². The summed E-state index contributed by atoms with van der Waals surface area (Å²) in [5.74, 6) is 3.89. The lowest BCUT2D eigenvalue weighted by atomic mass is 9.78. The molecule has 0 amide bonds. The van der Waals surface area contributed by atoms with E-state index in [4.69, 9.17) is 42.2 Å². The molecule has 452 valence electrons. The highest BCUT2D eigenvalue weighted by atomic mass is 79.9. The highest BCUT2D eigenvalue weighted by Crippen LogP contribution is 2.46.